The maximum Gasteiger partial charge on any atom is 0.250 e. The molecule has 4 rings (SSSR count). The topological polar surface area (TPSA) is 77.2 Å². The van der Waals surface area contributed by atoms with Gasteiger partial charge in [-0.15, -0.1) is 0 Å². The Morgan fingerprint density at radius 2 is 1.96 bits per heavy atom. The van der Waals surface area contributed by atoms with Gasteiger partial charge >= 0.3 is 0 Å². The lowest BCUT2D eigenvalue weighted by Crippen LogP contribution is -2.33. The monoisotopic (exact) mass is 351 g/mol. The number of primary amides is 1. The molecule has 1 unspecified atom stereocenters. The molecule has 0 spiro atoms. The summed E-state index contributed by atoms with van der Waals surface area (Å²) >= 11 is 0. The van der Waals surface area contributed by atoms with Crippen LogP contribution in [0.1, 0.15) is 66.1 Å². The molecule has 136 valence electrons. The number of aryl methyl sites for hydroxylation is 1. The SMILES string of the molecule is NC(=O)c1ccc(Oc2ccc3c(c2)CCC3NC2CCCCC2)nc1. The molecule has 5 heteroatoms. The molecule has 0 radical (unpaired) electrons. The third kappa shape index (κ3) is 3.73. The van der Waals surface area contributed by atoms with E-state index in [1.165, 1.54) is 49.4 Å². The average Bonchev–Trinajstić information content (AvgIpc) is 3.05. The first kappa shape index (κ1) is 17.0. The number of nitrogens with zero attached hydrogens (tertiary/aromatic N) is 1. The Morgan fingerprint density at radius 1 is 1.12 bits per heavy atom. The van der Waals surface area contributed by atoms with Crippen molar-refractivity contribution in [2.75, 3.05) is 0 Å². The van der Waals surface area contributed by atoms with Gasteiger partial charge in [0.15, 0.2) is 0 Å². The number of pyridine rings is 1. The molecule has 2 aromatic rings. The Kier molecular flexibility index (Phi) is 4.89. The van der Waals surface area contributed by atoms with Crippen LogP contribution >= 0.6 is 0 Å². The largest absolute Gasteiger partial charge is 0.439 e. The minimum Gasteiger partial charge on any atom is -0.439 e. The van der Waals surface area contributed by atoms with Gasteiger partial charge in [-0.3, -0.25) is 4.79 Å². The Hall–Kier alpha value is -2.40. The predicted molar refractivity (Wildman–Crippen MR) is 100 cm³/mol. The highest BCUT2D eigenvalue weighted by atomic mass is 16.5. The summed E-state index contributed by atoms with van der Waals surface area (Å²) in [6.45, 7) is 0. The van der Waals surface area contributed by atoms with Crippen molar-refractivity contribution >= 4 is 5.91 Å². The van der Waals surface area contributed by atoms with Crippen molar-refractivity contribution in [1.82, 2.24) is 10.3 Å². The summed E-state index contributed by atoms with van der Waals surface area (Å²) in [7, 11) is 0. The van der Waals surface area contributed by atoms with E-state index >= 15 is 0 Å². The van der Waals surface area contributed by atoms with Crippen LogP contribution in [0.15, 0.2) is 36.5 Å². The molecule has 1 aromatic carbocycles. The van der Waals surface area contributed by atoms with E-state index in [0.29, 0.717) is 23.5 Å². The molecule has 1 atom stereocenters. The number of nitrogens with one attached hydrogen (secondary N) is 1. The minimum absolute atomic E-state index is 0.378. The van der Waals surface area contributed by atoms with Crippen LogP contribution < -0.4 is 15.8 Å². The van der Waals surface area contributed by atoms with Gasteiger partial charge < -0.3 is 15.8 Å². The molecule has 1 fully saturated rings. The Bertz CT molecular complexity index is 782. The van der Waals surface area contributed by atoms with Crippen molar-refractivity contribution in [1.29, 1.82) is 0 Å². The highest BCUT2D eigenvalue weighted by Crippen LogP contribution is 2.35. The molecule has 1 heterocycles. The highest BCUT2D eigenvalue weighted by Gasteiger charge is 2.25. The number of nitrogens with two attached hydrogens (primary N) is 1. The van der Waals surface area contributed by atoms with Gasteiger partial charge in [0, 0.05) is 24.3 Å². The molecule has 5 nitrogen and oxygen atoms in total. The first-order valence-electron chi connectivity index (χ1n) is 9.51. The highest BCUT2D eigenvalue weighted by molar-refractivity contribution is 5.92. The van der Waals surface area contributed by atoms with Crippen molar-refractivity contribution in [2.24, 2.45) is 5.73 Å². The van der Waals surface area contributed by atoms with Gasteiger partial charge in [-0.1, -0.05) is 25.3 Å². The zero-order valence-electron chi connectivity index (χ0n) is 14.9. The molecule has 0 bridgehead atoms. The van der Waals surface area contributed by atoms with Crippen LogP contribution in [0.3, 0.4) is 0 Å². The fourth-order valence-electron chi connectivity index (χ4n) is 4.09. The minimum atomic E-state index is -0.488. The summed E-state index contributed by atoms with van der Waals surface area (Å²) < 4.78 is 5.84. The second-order valence-corrected chi connectivity index (χ2v) is 7.30. The summed E-state index contributed by atoms with van der Waals surface area (Å²) in [5.74, 6) is 0.754. The number of hydrogen-bond acceptors (Lipinski definition) is 4. The second-order valence-electron chi connectivity index (χ2n) is 7.30. The molecular formula is C21H25N3O2. The molecule has 0 aliphatic heterocycles. The van der Waals surface area contributed by atoms with E-state index in [0.717, 1.165) is 18.6 Å². The van der Waals surface area contributed by atoms with E-state index in [-0.39, 0.29) is 0 Å². The maximum atomic E-state index is 11.1. The number of fused-ring (bicyclic) bond motifs is 1. The van der Waals surface area contributed by atoms with Crippen molar-refractivity contribution < 1.29 is 9.53 Å². The van der Waals surface area contributed by atoms with Crippen LogP contribution in [-0.2, 0) is 6.42 Å². The molecule has 0 saturated heterocycles. The third-order valence-electron chi connectivity index (χ3n) is 5.48. The van der Waals surface area contributed by atoms with E-state index in [2.05, 4.69) is 22.4 Å². The lowest BCUT2D eigenvalue weighted by molar-refractivity contribution is 0.1000. The quantitative estimate of drug-likeness (QED) is 0.857. The second kappa shape index (κ2) is 7.46. The molecule has 1 saturated carbocycles. The average molecular weight is 351 g/mol. The van der Waals surface area contributed by atoms with Gasteiger partial charge in [0.05, 0.1) is 5.56 Å². The summed E-state index contributed by atoms with van der Waals surface area (Å²) in [4.78, 5) is 15.3. The van der Waals surface area contributed by atoms with Crippen molar-refractivity contribution in [3.05, 3.63) is 53.2 Å². The maximum absolute atomic E-state index is 11.1. The number of amides is 1. The van der Waals surface area contributed by atoms with E-state index < -0.39 is 5.91 Å². The van der Waals surface area contributed by atoms with Gasteiger partial charge in [-0.25, -0.2) is 4.98 Å². The van der Waals surface area contributed by atoms with Gasteiger partial charge in [-0.05, 0) is 55.0 Å². The first-order chi connectivity index (χ1) is 12.7. The van der Waals surface area contributed by atoms with Crippen LogP contribution in [0, 0.1) is 0 Å². The fourth-order valence-corrected chi connectivity index (χ4v) is 4.09. The summed E-state index contributed by atoms with van der Waals surface area (Å²) in [5.41, 5.74) is 8.36. The van der Waals surface area contributed by atoms with Gasteiger partial charge in [0.1, 0.15) is 5.75 Å². The van der Waals surface area contributed by atoms with Gasteiger partial charge in [0.25, 0.3) is 0 Å². The molecule has 26 heavy (non-hydrogen) atoms. The standard InChI is InChI=1S/C21H25N3O2/c22-21(25)15-7-11-20(23-13-15)26-17-8-9-18-14(12-17)6-10-19(18)24-16-4-2-1-3-5-16/h7-9,11-13,16,19,24H,1-6,10H2,(H2,22,25). The van der Waals surface area contributed by atoms with Gasteiger partial charge in [0.2, 0.25) is 11.8 Å². The number of hydrogen-bond donors (Lipinski definition) is 2. The summed E-state index contributed by atoms with van der Waals surface area (Å²) in [5, 5.41) is 3.86. The normalized spacial score (nSPS) is 19.9. The van der Waals surface area contributed by atoms with E-state index in [1.54, 1.807) is 12.1 Å². The Labute approximate surface area is 154 Å². The Morgan fingerprint density at radius 3 is 2.69 bits per heavy atom. The first-order valence-corrected chi connectivity index (χ1v) is 9.51. The lowest BCUT2D eigenvalue weighted by atomic mass is 9.94. The molecular weight excluding hydrogens is 326 g/mol. The number of ether oxygens (including phenoxy) is 1. The van der Waals surface area contributed by atoms with Crippen LogP contribution in [-0.4, -0.2) is 16.9 Å². The predicted octanol–water partition coefficient (Wildman–Crippen LogP) is 3.88. The molecule has 2 aliphatic carbocycles. The smallest absolute Gasteiger partial charge is 0.250 e. The zero-order chi connectivity index (χ0) is 17.9. The van der Waals surface area contributed by atoms with E-state index in [1.807, 2.05) is 6.07 Å². The Balaban J connectivity index is 1.43. The fraction of sp³-hybridized carbons (Fsp3) is 0.429. The molecule has 3 N–H and O–H groups in total. The summed E-state index contributed by atoms with van der Waals surface area (Å²) in [6.07, 6.45) is 10.4. The van der Waals surface area contributed by atoms with Crippen LogP contribution in [0.4, 0.5) is 0 Å². The molecule has 1 amide bonds. The summed E-state index contributed by atoms with van der Waals surface area (Å²) in [6, 6.07) is 10.7. The number of aromatic nitrogens is 1. The van der Waals surface area contributed by atoms with Crippen molar-refractivity contribution in [2.45, 2.75) is 57.0 Å². The molecule has 2 aliphatic rings. The van der Waals surface area contributed by atoms with Gasteiger partial charge in [-0.2, -0.15) is 0 Å². The van der Waals surface area contributed by atoms with Crippen LogP contribution in [0.2, 0.25) is 0 Å². The van der Waals surface area contributed by atoms with E-state index in [9.17, 15) is 4.79 Å². The number of carbonyl (C=O) groups excluding carboxylic acids is 1. The lowest BCUT2D eigenvalue weighted by Gasteiger charge is -2.27. The van der Waals surface area contributed by atoms with Crippen molar-refractivity contribution in [3.8, 4) is 11.6 Å². The third-order valence-corrected chi connectivity index (χ3v) is 5.48. The van der Waals surface area contributed by atoms with Crippen LogP contribution in [0.5, 0.6) is 11.6 Å². The zero-order valence-corrected chi connectivity index (χ0v) is 14.9. The number of rotatable bonds is 5. The number of benzene rings is 1. The molecule has 1 aromatic heterocycles. The van der Waals surface area contributed by atoms with Crippen molar-refractivity contribution in [3.63, 3.8) is 0 Å². The number of carbonyl (C=O) groups is 1. The van der Waals surface area contributed by atoms with E-state index in [4.69, 9.17) is 10.5 Å². The van der Waals surface area contributed by atoms with Crippen LogP contribution in [0.25, 0.3) is 0 Å².